The van der Waals surface area contributed by atoms with Gasteiger partial charge in [-0.25, -0.2) is 0 Å². The van der Waals surface area contributed by atoms with Crippen LogP contribution < -0.4 is 5.32 Å². The lowest BCUT2D eigenvalue weighted by molar-refractivity contribution is 0.0934. The molecule has 0 spiro atoms. The second-order valence-corrected chi connectivity index (χ2v) is 6.55. The van der Waals surface area contributed by atoms with E-state index in [1.165, 1.54) is 0 Å². The summed E-state index contributed by atoms with van der Waals surface area (Å²) in [5, 5.41) is 3.82. The molecule has 0 aliphatic heterocycles. The number of benzene rings is 1. The van der Waals surface area contributed by atoms with Gasteiger partial charge >= 0.3 is 0 Å². The van der Waals surface area contributed by atoms with Gasteiger partial charge in [-0.2, -0.15) is 0 Å². The molecule has 1 aromatic rings. The number of hydrogen-bond acceptors (Lipinski definition) is 1. The van der Waals surface area contributed by atoms with Crippen molar-refractivity contribution in [3.05, 3.63) is 33.8 Å². The minimum Gasteiger partial charge on any atom is -0.352 e. The summed E-state index contributed by atoms with van der Waals surface area (Å²) in [6.45, 7) is 4.79. The number of halogens is 3. The lowest BCUT2D eigenvalue weighted by Crippen LogP contribution is -2.34. The number of carbonyl (C=O) groups is 1. The fourth-order valence-corrected chi connectivity index (χ4v) is 2.40. The van der Waals surface area contributed by atoms with Crippen LogP contribution in [0.3, 0.4) is 0 Å². The molecule has 106 valence electrons. The van der Waals surface area contributed by atoms with Gasteiger partial charge in [0.1, 0.15) is 0 Å². The van der Waals surface area contributed by atoms with Crippen molar-refractivity contribution in [1.82, 2.24) is 5.32 Å². The maximum atomic E-state index is 12.0. The van der Waals surface area contributed by atoms with Gasteiger partial charge in [-0.15, -0.1) is 11.6 Å². The molecule has 0 aromatic heterocycles. The monoisotopic (exact) mass is 321 g/mol. The molecule has 1 rings (SSSR count). The van der Waals surface area contributed by atoms with E-state index in [1.807, 2.05) is 0 Å². The maximum Gasteiger partial charge on any atom is 0.251 e. The van der Waals surface area contributed by atoms with Gasteiger partial charge in [-0.3, -0.25) is 4.79 Å². The Labute approximate surface area is 129 Å². The highest BCUT2D eigenvalue weighted by molar-refractivity contribution is 6.35. The zero-order valence-corrected chi connectivity index (χ0v) is 13.4. The molecule has 1 N–H and O–H groups in total. The Hall–Kier alpha value is -0.440. The van der Waals surface area contributed by atoms with E-state index in [9.17, 15) is 4.79 Å². The zero-order valence-electron chi connectivity index (χ0n) is 11.1. The maximum absolute atomic E-state index is 12.0. The summed E-state index contributed by atoms with van der Waals surface area (Å²) >= 11 is 17.4. The normalized spacial score (nSPS) is 11.4. The average Bonchev–Trinajstić information content (AvgIpc) is 2.32. The van der Waals surface area contributed by atoms with Crippen LogP contribution in [-0.2, 0) is 0 Å². The molecule has 2 nitrogen and oxygen atoms in total. The Bertz CT molecular complexity index is 426. The van der Waals surface area contributed by atoms with Crippen molar-refractivity contribution in [2.24, 2.45) is 5.41 Å². The summed E-state index contributed by atoms with van der Waals surface area (Å²) in [7, 11) is 0. The van der Waals surface area contributed by atoms with Crippen molar-refractivity contribution in [2.75, 3.05) is 12.4 Å². The van der Waals surface area contributed by atoms with E-state index < -0.39 is 0 Å². The molecule has 0 saturated heterocycles. The highest BCUT2D eigenvalue weighted by Gasteiger charge is 2.19. The first-order valence-corrected chi connectivity index (χ1v) is 7.43. The highest BCUT2D eigenvalue weighted by atomic mass is 35.5. The van der Waals surface area contributed by atoms with Crippen molar-refractivity contribution in [3.63, 3.8) is 0 Å². The zero-order chi connectivity index (χ0) is 14.5. The fraction of sp³-hybridized carbons (Fsp3) is 0.500. The van der Waals surface area contributed by atoms with E-state index >= 15 is 0 Å². The summed E-state index contributed by atoms with van der Waals surface area (Å²) in [4.78, 5) is 12.0. The molecule has 0 radical (unpaired) electrons. The summed E-state index contributed by atoms with van der Waals surface area (Å²) in [5.41, 5.74) is 0.498. The number of hydrogen-bond donors (Lipinski definition) is 1. The standard InChI is InChI=1S/C14H18Cl3NO/c1-14(2,4-3-5-15)9-18-13(19)10-6-11(16)8-12(17)7-10/h6-8H,3-5,9H2,1-2H3,(H,18,19). The Morgan fingerprint density at radius 3 is 2.32 bits per heavy atom. The average molecular weight is 323 g/mol. The highest BCUT2D eigenvalue weighted by Crippen LogP contribution is 2.22. The molecule has 0 bridgehead atoms. The van der Waals surface area contributed by atoms with Crippen LogP contribution in [0.1, 0.15) is 37.0 Å². The molecule has 0 aliphatic carbocycles. The Morgan fingerprint density at radius 1 is 1.21 bits per heavy atom. The number of alkyl halides is 1. The van der Waals surface area contributed by atoms with Crippen LogP contribution in [0.2, 0.25) is 10.0 Å². The molecule has 0 fully saturated rings. The van der Waals surface area contributed by atoms with E-state index in [4.69, 9.17) is 34.8 Å². The Morgan fingerprint density at radius 2 is 1.79 bits per heavy atom. The van der Waals surface area contributed by atoms with Crippen molar-refractivity contribution in [2.45, 2.75) is 26.7 Å². The summed E-state index contributed by atoms with van der Waals surface area (Å²) in [6, 6.07) is 4.81. The smallest absolute Gasteiger partial charge is 0.251 e. The topological polar surface area (TPSA) is 29.1 Å². The largest absolute Gasteiger partial charge is 0.352 e. The van der Waals surface area contributed by atoms with Crippen LogP contribution >= 0.6 is 34.8 Å². The van der Waals surface area contributed by atoms with Crippen LogP contribution in [0.4, 0.5) is 0 Å². The van der Waals surface area contributed by atoms with Gasteiger partial charge in [0.2, 0.25) is 0 Å². The Kier molecular flexibility index (Phi) is 6.45. The van der Waals surface area contributed by atoms with Gasteiger partial charge in [0, 0.05) is 28.0 Å². The minimum absolute atomic E-state index is 0.0208. The molecule has 0 atom stereocenters. The first-order chi connectivity index (χ1) is 8.84. The second-order valence-electron chi connectivity index (χ2n) is 5.30. The summed E-state index contributed by atoms with van der Waals surface area (Å²) in [6.07, 6.45) is 1.90. The van der Waals surface area contributed by atoms with E-state index in [2.05, 4.69) is 19.2 Å². The SMILES string of the molecule is CC(C)(CCCCl)CNC(=O)c1cc(Cl)cc(Cl)c1. The first kappa shape index (κ1) is 16.6. The summed E-state index contributed by atoms with van der Waals surface area (Å²) < 4.78 is 0. The fourth-order valence-electron chi connectivity index (χ4n) is 1.74. The van der Waals surface area contributed by atoms with E-state index in [0.29, 0.717) is 28.0 Å². The first-order valence-electron chi connectivity index (χ1n) is 6.14. The van der Waals surface area contributed by atoms with Gasteiger partial charge in [-0.05, 0) is 36.5 Å². The third-order valence-electron chi connectivity index (χ3n) is 2.84. The van der Waals surface area contributed by atoms with Crippen LogP contribution in [0.25, 0.3) is 0 Å². The predicted molar refractivity (Wildman–Crippen MR) is 82.5 cm³/mol. The number of amides is 1. The summed E-state index contributed by atoms with van der Waals surface area (Å²) in [5.74, 6) is 0.477. The van der Waals surface area contributed by atoms with Crippen LogP contribution in [0.5, 0.6) is 0 Å². The molecular weight excluding hydrogens is 305 g/mol. The number of rotatable bonds is 6. The van der Waals surface area contributed by atoms with Crippen LogP contribution in [-0.4, -0.2) is 18.3 Å². The molecule has 0 saturated carbocycles. The van der Waals surface area contributed by atoms with Gasteiger partial charge in [0.15, 0.2) is 0 Å². The van der Waals surface area contributed by atoms with Crippen LogP contribution in [0.15, 0.2) is 18.2 Å². The quantitative estimate of drug-likeness (QED) is 0.751. The van der Waals surface area contributed by atoms with Gasteiger partial charge in [-0.1, -0.05) is 37.0 Å². The molecule has 0 heterocycles. The van der Waals surface area contributed by atoms with E-state index in [1.54, 1.807) is 18.2 Å². The van der Waals surface area contributed by atoms with Crippen LogP contribution in [0, 0.1) is 5.41 Å². The lowest BCUT2D eigenvalue weighted by Gasteiger charge is -2.24. The van der Waals surface area contributed by atoms with Crippen molar-refractivity contribution in [1.29, 1.82) is 0 Å². The molecule has 19 heavy (non-hydrogen) atoms. The molecule has 1 aromatic carbocycles. The van der Waals surface area contributed by atoms with Crippen molar-refractivity contribution in [3.8, 4) is 0 Å². The van der Waals surface area contributed by atoms with E-state index in [-0.39, 0.29) is 11.3 Å². The predicted octanol–water partition coefficient (Wildman–Crippen LogP) is 4.77. The molecule has 0 unspecified atom stereocenters. The molecular formula is C14H18Cl3NO. The molecule has 5 heteroatoms. The van der Waals surface area contributed by atoms with Gasteiger partial charge in [0.05, 0.1) is 0 Å². The second kappa shape index (κ2) is 7.37. The van der Waals surface area contributed by atoms with Crippen molar-refractivity contribution < 1.29 is 4.79 Å². The minimum atomic E-state index is -0.164. The van der Waals surface area contributed by atoms with Gasteiger partial charge < -0.3 is 5.32 Å². The third-order valence-corrected chi connectivity index (χ3v) is 3.54. The molecule has 1 amide bonds. The Balaban J connectivity index is 2.60. The number of carbonyl (C=O) groups excluding carboxylic acids is 1. The van der Waals surface area contributed by atoms with E-state index in [0.717, 1.165) is 12.8 Å². The molecule has 0 aliphatic rings. The lowest BCUT2D eigenvalue weighted by atomic mass is 9.88. The van der Waals surface area contributed by atoms with Gasteiger partial charge in [0.25, 0.3) is 5.91 Å². The number of nitrogens with one attached hydrogen (secondary N) is 1. The van der Waals surface area contributed by atoms with Crippen molar-refractivity contribution >= 4 is 40.7 Å². The third kappa shape index (κ3) is 6.03.